The van der Waals surface area contributed by atoms with E-state index in [0.29, 0.717) is 5.82 Å². The third kappa shape index (κ3) is 4.47. The summed E-state index contributed by atoms with van der Waals surface area (Å²) in [6.07, 6.45) is 1.67. The van der Waals surface area contributed by atoms with Gasteiger partial charge in [0.2, 0.25) is 0 Å². The van der Waals surface area contributed by atoms with Crippen molar-refractivity contribution in [1.29, 1.82) is 0 Å². The summed E-state index contributed by atoms with van der Waals surface area (Å²) < 4.78 is 5.30. The van der Waals surface area contributed by atoms with Gasteiger partial charge in [0, 0.05) is 31.9 Å². The highest BCUT2D eigenvalue weighted by atomic mass is 16.5. The molecular formula is C14H22N4O2. The summed E-state index contributed by atoms with van der Waals surface area (Å²) in [6.45, 7) is 8.14. The van der Waals surface area contributed by atoms with Crippen molar-refractivity contribution in [2.45, 2.75) is 19.9 Å². The highest BCUT2D eigenvalue weighted by Crippen LogP contribution is 2.08. The minimum atomic E-state index is -0.215. The lowest BCUT2D eigenvalue weighted by Gasteiger charge is -2.29. The van der Waals surface area contributed by atoms with Gasteiger partial charge in [-0.05, 0) is 25.5 Å². The third-order valence-corrected chi connectivity index (χ3v) is 3.25. The molecule has 1 aliphatic heterocycles. The van der Waals surface area contributed by atoms with E-state index in [1.807, 2.05) is 26.0 Å². The Hall–Kier alpha value is -1.66. The summed E-state index contributed by atoms with van der Waals surface area (Å²) in [6, 6.07) is 3.63. The van der Waals surface area contributed by atoms with Crippen molar-refractivity contribution in [3.63, 3.8) is 0 Å². The van der Waals surface area contributed by atoms with Gasteiger partial charge in [0.25, 0.3) is 0 Å². The number of hydrogen-bond donors (Lipinski definition) is 2. The maximum Gasteiger partial charge on any atom is 0.320 e. The number of rotatable bonds is 4. The Kier molecular flexibility index (Phi) is 5.31. The summed E-state index contributed by atoms with van der Waals surface area (Å²) in [5.41, 5.74) is 0.948. The van der Waals surface area contributed by atoms with E-state index in [1.54, 1.807) is 6.20 Å². The second-order valence-corrected chi connectivity index (χ2v) is 5.08. The third-order valence-electron chi connectivity index (χ3n) is 3.25. The number of nitrogens with one attached hydrogen (secondary N) is 2. The Morgan fingerprint density at radius 1 is 1.50 bits per heavy atom. The van der Waals surface area contributed by atoms with E-state index >= 15 is 0 Å². The quantitative estimate of drug-likeness (QED) is 0.869. The van der Waals surface area contributed by atoms with Crippen LogP contribution in [0.3, 0.4) is 0 Å². The van der Waals surface area contributed by atoms with Crippen molar-refractivity contribution in [3.05, 3.63) is 23.9 Å². The maximum atomic E-state index is 11.9. The molecule has 1 fully saturated rings. The van der Waals surface area contributed by atoms with E-state index in [2.05, 4.69) is 20.5 Å². The van der Waals surface area contributed by atoms with Gasteiger partial charge in [-0.2, -0.15) is 0 Å². The highest BCUT2D eigenvalue weighted by molar-refractivity contribution is 5.89. The molecule has 0 radical (unpaired) electrons. The first-order valence-electron chi connectivity index (χ1n) is 6.94. The van der Waals surface area contributed by atoms with Crippen molar-refractivity contribution >= 4 is 11.8 Å². The lowest BCUT2D eigenvalue weighted by atomic mass is 10.3. The van der Waals surface area contributed by atoms with Crippen LogP contribution < -0.4 is 10.6 Å². The Morgan fingerprint density at radius 3 is 2.95 bits per heavy atom. The number of urea groups is 1. The summed E-state index contributed by atoms with van der Waals surface area (Å²) in [4.78, 5) is 18.3. The molecule has 0 bridgehead atoms. The number of pyridine rings is 1. The number of ether oxygens (including phenoxy) is 1. The molecule has 1 atom stereocenters. The molecule has 1 aliphatic rings. The fourth-order valence-electron chi connectivity index (χ4n) is 2.20. The van der Waals surface area contributed by atoms with Crippen LogP contribution in [0, 0.1) is 6.92 Å². The average molecular weight is 278 g/mol. The molecule has 1 aromatic rings. The Balaban J connectivity index is 1.77. The molecule has 2 heterocycles. The Morgan fingerprint density at radius 2 is 2.25 bits per heavy atom. The zero-order chi connectivity index (χ0) is 14.4. The minimum Gasteiger partial charge on any atom is -0.379 e. The fourth-order valence-corrected chi connectivity index (χ4v) is 2.20. The molecular weight excluding hydrogens is 256 g/mol. The summed E-state index contributed by atoms with van der Waals surface area (Å²) in [5.74, 6) is 0.601. The minimum absolute atomic E-state index is 0.0807. The molecule has 0 spiro atoms. The lowest BCUT2D eigenvalue weighted by molar-refractivity contribution is 0.0350. The number of amides is 2. The molecule has 2 amide bonds. The first-order chi connectivity index (χ1) is 9.65. The molecule has 2 N–H and O–H groups in total. The van der Waals surface area contributed by atoms with Crippen LogP contribution in [-0.4, -0.2) is 54.8 Å². The summed E-state index contributed by atoms with van der Waals surface area (Å²) in [5, 5.41) is 5.70. The number of nitrogens with zero attached hydrogens (tertiary/aromatic N) is 2. The van der Waals surface area contributed by atoms with Crippen LogP contribution >= 0.6 is 0 Å². The topological polar surface area (TPSA) is 66.5 Å². The molecule has 0 saturated carbocycles. The van der Waals surface area contributed by atoms with Crippen molar-refractivity contribution in [2.24, 2.45) is 0 Å². The molecule has 6 heteroatoms. The predicted molar refractivity (Wildman–Crippen MR) is 77.8 cm³/mol. The molecule has 6 nitrogen and oxygen atoms in total. The number of aromatic nitrogens is 1. The monoisotopic (exact) mass is 278 g/mol. The van der Waals surface area contributed by atoms with Crippen LogP contribution in [0.15, 0.2) is 18.3 Å². The van der Waals surface area contributed by atoms with Crippen LogP contribution in [0.4, 0.5) is 10.6 Å². The second-order valence-electron chi connectivity index (χ2n) is 5.08. The molecule has 0 aliphatic carbocycles. The van der Waals surface area contributed by atoms with Gasteiger partial charge in [0.15, 0.2) is 0 Å². The van der Waals surface area contributed by atoms with Crippen LogP contribution in [0.1, 0.15) is 12.5 Å². The van der Waals surface area contributed by atoms with E-state index in [9.17, 15) is 4.79 Å². The molecule has 0 aromatic carbocycles. The number of carbonyl (C=O) groups excluding carboxylic acids is 1. The van der Waals surface area contributed by atoms with Crippen LogP contribution in [0.25, 0.3) is 0 Å². The molecule has 1 unspecified atom stereocenters. The van der Waals surface area contributed by atoms with Gasteiger partial charge in [0.1, 0.15) is 5.82 Å². The number of anilines is 1. The SMILES string of the molecule is Cc1cccnc1NC(=O)NC(C)CN1CCOCC1. The van der Waals surface area contributed by atoms with Gasteiger partial charge in [-0.25, -0.2) is 9.78 Å². The van der Waals surface area contributed by atoms with Crippen molar-refractivity contribution in [1.82, 2.24) is 15.2 Å². The van der Waals surface area contributed by atoms with Crippen LogP contribution in [-0.2, 0) is 4.74 Å². The van der Waals surface area contributed by atoms with E-state index in [4.69, 9.17) is 4.74 Å². The second kappa shape index (κ2) is 7.21. The fraction of sp³-hybridized carbons (Fsp3) is 0.571. The molecule has 20 heavy (non-hydrogen) atoms. The van der Waals surface area contributed by atoms with Gasteiger partial charge < -0.3 is 10.1 Å². The van der Waals surface area contributed by atoms with E-state index in [1.165, 1.54) is 0 Å². The molecule has 110 valence electrons. The first kappa shape index (κ1) is 14.7. The molecule has 1 aromatic heterocycles. The van der Waals surface area contributed by atoms with Gasteiger partial charge in [0.05, 0.1) is 13.2 Å². The molecule has 1 saturated heterocycles. The number of carbonyl (C=O) groups is 1. The van der Waals surface area contributed by atoms with E-state index in [-0.39, 0.29) is 12.1 Å². The van der Waals surface area contributed by atoms with Gasteiger partial charge in [-0.15, -0.1) is 0 Å². The van der Waals surface area contributed by atoms with Crippen molar-refractivity contribution in [2.75, 3.05) is 38.2 Å². The highest BCUT2D eigenvalue weighted by Gasteiger charge is 2.15. The van der Waals surface area contributed by atoms with Crippen molar-refractivity contribution in [3.8, 4) is 0 Å². The Bertz CT molecular complexity index is 447. The predicted octanol–water partition coefficient (Wildman–Crippen LogP) is 1.23. The maximum absolute atomic E-state index is 11.9. The zero-order valence-corrected chi connectivity index (χ0v) is 12.1. The average Bonchev–Trinajstić information content (AvgIpc) is 2.42. The van der Waals surface area contributed by atoms with Gasteiger partial charge in [-0.1, -0.05) is 6.07 Å². The van der Waals surface area contributed by atoms with Gasteiger partial charge in [-0.3, -0.25) is 10.2 Å². The van der Waals surface area contributed by atoms with Crippen molar-refractivity contribution < 1.29 is 9.53 Å². The Labute approximate surface area is 119 Å². The molecule has 2 rings (SSSR count). The zero-order valence-electron chi connectivity index (χ0n) is 12.1. The summed E-state index contributed by atoms with van der Waals surface area (Å²) >= 11 is 0. The number of hydrogen-bond acceptors (Lipinski definition) is 4. The lowest BCUT2D eigenvalue weighted by Crippen LogP contribution is -2.47. The normalized spacial score (nSPS) is 17.5. The summed E-state index contributed by atoms with van der Waals surface area (Å²) in [7, 11) is 0. The standard InChI is InChI=1S/C14H22N4O2/c1-11-4-3-5-15-13(11)17-14(19)16-12(2)10-18-6-8-20-9-7-18/h3-5,12H,6-10H2,1-2H3,(H2,15,16,17,19). The largest absolute Gasteiger partial charge is 0.379 e. The van der Waals surface area contributed by atoms with Crippen LogP contribution in [0.2, 0.25) is 0 Å². The van der Waals surface area contributed by atoms with Gasteiger partial charge >= 0.3 is 6.03 Å². The number of morpholine rings is 1. The number of aryl methyl sites for hydroxylation is 1. The van der Waals surface area contributed by atoms with E-state index in [0.717, 1.165) is 38.4 Å². The van der Waals surface area contributed by atoms with E-state index < -0.39 is 0 Å². The first-order valence-corrected chi connectivity index (χ1v) is 6.94. The van der Waals surface area contributed by atoms with Crippen LogP contribution in [0.5, 0.6) is 0 Å². The smallest absolute Gasteiger partial charge is 0.320 e.